The highest BCUT2D eigenvalue weighted by atomic mass is 32.2. The van der Waals surface area contributed by atoms with Crippen LogP contribution in [0.1, 0.15) is 31.4 Å². The number of aliphatic hydroxyl groups excluding tert-OH is 1. The van der Waals surface area contributed by atoms with Crippen molar-refractivity contribution < 1.29 is 17.9 Å². The molecule has 0 fully saturated rings. The number of benzene rings is 1. The molecule has 4 nitrogen and oxygen atoms in total. The SMILES string of the molecule is C=CCCC(O)CNC(C)c1ccc(S(C)(=O)=O)c(F)c1. The minimum atomic E-state index is -3.56. The largest absolute Gasteiger partial charge is 0.392 e. The van der Waals surface area contributed by atoms with Crippen molar-refractivity contribution in [2.45, 2.75) is 36.8 Å². The molecule has 0 aliphatic heterocycles. The average molecular weight is 315 g/mol. The van der Waals surface area contributed by atoms with E-state index >= 15 is 0 Å². The summed E-state index contributed by atoms with van der Waals surface area (Å²) in [5, 5.41) is 12.8. The molecule has 0 spiro atoms. The van der Waals surface area contributed by atoms with E-state index < -0.39 is 21.8 Å². The molecule has 1 aromatic rings. The zero-order valence-electron chi connectivity index (χ0n) is 12.3. The summed E-state index contributed by atoms with van der Waals surface area (Å²) >= 11 is 0. The zero-order chi connectivity index (χ0) is 16.0. The van der Waals surface area contributed by atoms with Gasteiger partial charge in [0.2, 0.25) is 0 Å². The lowest BCUT2D eigenvalue weighted by Crippen LogP contribution is -2.29. The third kappa shape index (κ3) is 5.57. The van der Waals surface area contributed by atoms with E-state index in [-0.39, 0.29) is 10.9 Å². The minimum absolute atomic E-state index is 0.188. The number of halogens is 1. The highest BCUT2D eigenvalue weighted by Gasteiger charge is 2.16. The molecule has 0 amide bonds. The van der Waals surface area contributed by atoms with E-state index in [0.717, 1.165) is 12.7 Å². The molecule has 2 N–H and O–H groups in total. The molecule has 2 unspecified atom stereocenters. The van der Waals surface area contributed by atoms with Gasteiger partial charge < -0.3 is 10.4 Å². The van der Waals surface area contributed by atoms with Crippen LogP contribution in [-0.2, 0) is 9.84 Å². The van der Waals surface area contributed by atoms with Crippen molar-refractivity contribution >= 4 is 9.84 Å². The van der Waals surface area contributed by atoms with Crippen LogP contribution in [0.25, 0.3) is 0 Å². The highest BCUT2D eigenvalue weighted by Crippen LogP contribution is 2.20. The molecule has 0 radical (unpaired) electrons. The standard InChI is InChI=1S/C15H22FNO3S/c1-4-5-6-13(18)10-17-11(2)12-7-8-15(14(16)9-12)21(3,19)20/h4,7-9,11,13,17-18H,1,5-6,10H2,2-3H3. The summed E-state index contributed by atoms with van der Waals surface area (Å²) in [7, 11) is -3.56. The summed E-state index contributed by atoms with van der Waals surface area (Å²) in [5.74, 6) is -0.754. The quantitative estimate of drug-likeness (QED) is 0.722. The summed E-state index contributed by atoms with van der Waals surface area (Å²) in [6.07, 6.45) is 3.57. The van der Waals surface area contributed by atoms with Crippen LogP contribution in [0.4, 0.5) is 4.39 Å². The average Bonchev–Trinajstić information content (AvgIpc) is 2.40. The molecule has 0 saturated carbocycles. The molecule has 21 heavy (non-hydrogen) atoms. The fourth-order valence-electron chi connectivity index (χ4n) is 1.93. The van der Waals surface area contributed by atoms with Crippen LogP contribution in [0.2, 0.25) is 0 Å². The van der Waals surface area contributed by atoms with Gasteiger partial charge in [0.15, 0.2) is 9.84 Å². The number of nitrogens with one attached hydrogen (secondary N) is 1. The van der Waals surface area contributed by atoms with Crippen molar-refractivity contribution in [2.75, 3.05) is 12.8 Å². The second kappa shape index (κ2) is 7.68. The molecule has 0 bridgehead atoms. The summed E-state index contributed by atoms with van der Waals surface area (Å²) in [5.41, 5.74) is 0.635. The van der Waals surface area contributed by atoms with Crippen LogP contribution in [0.5, 0.6) is 0 Å². The van der Waals surface area contributed by atoms with Crippen molar-refractivity contribution in [2.24, 2.45) is 0 Å². The molecule has 6 heteroatoms. The van der Waals surface area contributed by atoms with Crippen LogP contribution >= 0.6 is 0 Å². The third-order valence-corrected chi connectivity index (χ3v) is 4.35. The van der Waals surface area contributed by atoms with Gasteiger partial charge in [-0.3, -0.25) is 0 Å². The lowest BCUT2D eigenvalue weighted by Gasteiger charge is -2.17. The maximum atomic E-state index is 13.8. The second-order valence-corrected chi connectivity index (χ2v) is 7.10. The Morgan fingerprint density at radius 3 is 2.67 bits per heavy atom. The maximum Gasteiger partial charge on any atom is 0.178 e. The number of hydrogen-bond donors (Lipinski definition) is 2. The van der Waals surface area contributed by atoms with E-state index in [2.05, 4.69) is 11.9 Å². The van der Waals surface area contributed by atoms with Crippen molar-refractivity contribution in [1.29, 1.82) is 0 Å². The van der Waals surface area contributed by atoms with Crippen molar-refractivity contribution in [1.82, 2.24) is 5.32 Å². The number of hydrogen-bond acceptors (Lipinski definition) is 4. The summed E-state index contributed by atoms with van der Waals surface area (Å²) in [6, 6.07) is 3.87. The summed E-state index contributed by atoms with van der Waals surface area (Å²) in [6.45, 7) is 5.80. The molecule has 0 aliphatic rings. The van der Waals surface area contributed by atoms with E-state index in [1.54, 1.807) is 12.1 Å². The summed E-state index contributed by atoms with van der Waals surface area (Å²) in [4.78, 5) is -0.301. The van der Waals surface area contributed by atoms with Gasteiger partial charge in [0, 0.05) is 18.8 Å². The topological polar surface area (TPSA) is 66.4 Å². The van der Waals surface area contributed by atoms with Crippen LogP contribution in [0.3, 0.4) is 0 Å². The molecule has 1 aromatic carbocycles. The molecular formula is C15H22FNO3S. The van der Waals surface area contributed by atoms with E-state index in [9.17, 15) is 17.9 Å². The van der Waals surface area contributed by atoms with Crippen LogP contribution < -0.4 is 5.32 Å². The molecule has 118 valence electrons. The number of rotatable bonds is 8. The minimum Gasteiger partial charge on any atom is -0.392 e. The van der Waals surface area contributed by atoms with Crippen LogP contribution in [-0.4, -0.2) is 32.4 Å². The first-order valence-corrected chi connectivity index (χ1v) is 8.66. The first kappa shape index (κ1) is 17.8. The monoisotopic (exact) mass is 315 g/mol. The first-order chi connectivity index (χ1) is 9.75. The van der Waals surface area contributed by atoms with Crippen LogP contribution in [0, 0.1) is 5.82 Å². The van der Waals surface area contributed by atoms with Gasteiger partial charge in [-0.2, -0.15) is 0 Å². The van der Waals surface area contributed by atoms with Gasteiger partial charge in [0.1, 0.15) is 10.7 Å². The molecule has 0 aliphatic carbocycles. The second-order valence-electron chi connectivity index (χ2n) is 5.11. The Morgan fingerprint density at radius 2 is 2.14 bits per heavy atom. The fraction of sp³-hybridized carbons (Fsp3) is 0.467. The van der Waals surface area contributed by atoms with E-state index in [0.29, 0.717) is 18.5 Å². The van der Waals surface area contributed by atoms with Gasteiger partial charge in [0.05, 0.1) is 6.10 Å². The Morgan fingerprint density at radius 1 is 1.48 bits per heavy atom. The van der Waals surface area contributed by atoms with Crippen LogP contribution in [0.15, 0.2) is 35.7 Å². The van der Waals surface area contributed by atoms with Gasteiger partial charge in [-0.1, -0.05) is 12.1 Å². The summed E-state index contributed by atoms with van der Waals surface area (Å²) < 4.78 is 36.5. The number of allylic oxidation sites excluding steroid dienone is 1. The normalized spacial score (nSPS) is 14.7. The molecule has 1 rings (SSSR count). The van der Waals surface area contributed by atoms with E-state index in [1.165, 1.54) is 12.1 Å². The lowest BCUT2D eigenvalue weighted by molar-refractivity contribution is 0.159. The molecule has 2 atom stereocenters. The predicted octanol–water partition coefficient (Wildman–Crippen LogP) is 2.21. The van der Waals surface area contributed by atoms with Crippen molar-refractivity contribution in [3.8, 4) is 0 Å². The molecule has 0 heterocycles. The number of aliphatic hydroxyl groups is 1. The predicted molar refractivity (Wildman–Crippen MR) is 81.4 cm³/mol. The van der Waals surface area contributed by atoms with Gasteiger partial charge in [-0.25, -0.2) is 12.8 Å². The molecule has 0 saturated heterocycles. The fourth-order valence-corrected chi connectivity index (χ4v) is 2.66. The van der Waals surface area contributed by atoms with Gasteiger partial charge in [-0.05, 0) is 37.5 Å². The molecule has 0 aromatic heterocycles. The number of sulfone groups is 1. The van der Waals surface area contributed by atoms with E-state index in [4.69, 9.17) is 0 Å². The van der Waals surface area contributed by atoms with E-state index in [1.807, 2.05) is 6.92 Å². The Kier molecular flexibility index (Phi) is 6.51. The smallest absolute Gasteiger partial charge is 0.178 e. The maximum absolute atomic E-state index is 13.8. The third-order valence-electron chi connectivity index (χ3n) is 3.22. The van der Waals surface area contributed by atoms with Gasteiger partial charge >= 0.3 is 0 Å². The van der Waals surface area contributed by atoms with Crippen molar-refractivity contribution in [3.63, 3.8) is 0 Å². The first-order valence-electron chi connectivity index (χ1n) is 6.77. The zero-order valence-corrected chi connectivity index (χ0v) is 13.2. The Bertz CT molecular complexity index is 587. The Hall–Kier alpha value is -1.24. The van der Waals surface area contributed by atoms with Gasteiger partial charge in [-0.15, -0.1) is 6.58 Å². The highest BCUT2D eigenvalue weighted by molar-refractivity contribution is 7.90. The Labute approximate surface area is 125 Å². The Balaban J connectivity index is 2.69. The van der Waals surface area contributed by atoms with Gasteiger partial charge in [0.25, 0.3) is 0 Å². The van der Waals surface area contributed by atoms with Crippen molar-refractivity contribution in [3.05, 3.63) is 42.2 Å². The molecular weight excluding hydrogens is 293 g/mol. The lowest BCUT2D eigenvalue weighted by atomic mass is 10.1.